The molecular weight excluding hydrogens is 444 g/mol. The molecule has 34 heavy (non-hydrogen) atoms. The van der Waals surface area contributed by atoms with E-state index in [1.165, 1.54) is 25.5 Å². The predicted molar refractivity (Wildman–Crippen MR) is 122 cm³/mol. The summed E-state index contributed by atoms with van der Waals surface area (Å²) in [4.78, 5) is 22.9. The molecular formula is C24H24N2O8. The van der Waals surface area contributed by atoms with E-state index in [4.69, 9.17) is 28.5 Å². The molecule has 0 atom stereocenters. The number of hydrogen-bond acceptors (Lipinski definition) is 8. The Hall–Kier alpha value is -4.47. The molecule has 0 fully saturated rings. The molecule has 10 nitrogen and oxygen atoms in total. The van der Waals surface area contributed by atoms with Gasteiger partial charge in [0.25, 0.3) is 5.91 Å². The number of carbonyl (C=O) groups is 2. The van der Waals surface area contributed by atoms with Crippen LogP contribution in [0.1, 0.15) is 28.8 Å². The van der Waals surface area contributed by atoms with Crippen molar-refractivity contribution in [3.05, 3.63) is 71.7 Å². The number of amides is 1. The summed E-state index contributed by atoms with van der Waals surface area (Å²) in [5.74, 6) is 0.501. The van der Waals surface area contributed by atoms with Crippen molar-refractivity contribution in [3.63, 3.8) is 0 Å². The van der Waals surface area contributed by atoms with E-state index in [1.807, 2.05) is 6.92 Å². The molecule has 178 valence electrons. The lowest BCUT2D eigenvalue weighted by Crippen LogP contribution is -2.24. The summed E-state index contributed by atoms with van der Waals surface area (Å²) >= 11 is 0. The number of carboxylic acid groups (broad SMARTS) is 1. The van der Waals surface area contributed by atoms with Gasteiger partial charge in [-0.1, -0.05) is 12.1 Å². The SMILES string of the molecule is CCOc1cc(C=NNC(=O)COc2ccccc2OC)ccc1OCc1ccc(C(=O)O)o1. The maximum Gasteiger partial charge on any atom is 0.371 e. The fourth-order valence-corrected chi connectivity index (χ4v) is 2.80. The molecule has 1 heterocycles. The van der Waals surface area contributed by atoms with Gasteiger partial charge in [-0.15, -0.1) is 0 Å². The summed E-state index contributed by atoms with van der Waals surface area (Å²) in [7, 11) is 1.52. The number of furan rings is 1. The number of methoxy groups -OCH3 is 1. The van der Waals surface area contributed by atoms with Gasteiger partial charge in [0, 0.05) is 0 Å². The molecule has 1 amide bonds. The molecule has 3 rings (SSSR count). The highest BCUT2D eigenvalue weighted by molar-refractivity contribution is 5.84. The number of benzene rings is 2. The van der Waals surface area contributed by atoms with Crippen molar-refractivity contribution in [2.45, 2.75) is 13.5 Å². The van der Waals surface area contributed by atoms with Gasteiger partial charge in [-0.05, 0) is 55.0 Å². The van der Waals surface area contributed by atoms with Gasteiger partial charge in [0.15, 0.2) is 29.6 Å². The molecule has 0 spiro atoms. The first-order valence-electron chi connectivity index (χ1n) is 10.3. The van der Waals surface area contributed by atoms with E-state index in [0.717, 1.165) is 0 Å². The Bertz CT molecular complexity index is 1160. The second kappa shape index (κ2) is 12.0. The topological polar surface area (TPSA) is 129 Å². The molecule has 10 heteroatoms. The smallest absolute Gasteiger partial charge is 0.371 e. The predicted octanol–water partition coefficient (Wildman–Crippen LogP) is 3.49. The minimum Gasteiger partial charge on any atom is -0.493 e. The largest absolute Gasteiger partial charge is 0.493 e. The minimum absolute atomic E-state index is 0.0308. The third-order valence-corrected chi connectivity index (χ3v) is 4.34. The number of ether oxygens (including phenoxy) is 4. The number of aromatic carboxylic acids is 1. The molecule has 0 aliphatic heterocycles. The Balaban J connectivity index is 1.55. The number of para-hydroxylation sites is 2. The lowest BCUT2D eigenvalue weighted by Gasteiger charge is -2.12. The third kappa shape index (κ3) is 6.76. The lowest BCUT2D eigenvalue weighted by molar-refractivity contribution is -0.123. The van der Waals surface area contributed by atoms with Crippen LogP contribution in [-0.4, -0.2) is 43.5 Å². The van der Waals surface area contributed by atoms with Crippen molar-refractivity contribution in [1.29, 1.82) is 0 Å². The average Bonchev–Trinajstić information content (AvgIpc) is 3.32. The van der Waals surface area contributed by atoms with Gasteiger partial charge in [0.05, 0.1) is 19.9 Å². The van der Waals surface area contributed by atoms with Crippen LogP contribution in [0.25, 0.3) is 0 Å². The number of nitrogens with one attached hydrogen (secondary N) is 1. The molecule has 0 radical (unpaired) electrons. The number of hydrazone groups is 1. The Labute approximate surface area is 195 Å². The van der Waals surface area contributed by atoms with E-state index in [9.17, 15) is 9.59 Å². The van der Waals surface area contributed by atoms with E-state index in [1.54, 1.807) is 42.5 Å². The second-order valence-corrected chi connectivity index (χ2v) is 6.73. The summed E-state index contributed by atoms with van der Waals surface area (Å²) in [5, 5.41) is 12.9. The highest BCUT2D eigenvalue weighted by atomic mass is 16.5. The average molecular weight is 468 g/mol. The molecule has 1 aromatic heterocycles. The quantitative estimate of drug-likeness (QED) is 0.305. The zero-order chi connectivity index (χ0) is 24.3. The molecule has 3 aromatic rings. The second-order valence-electron chi connectivity index (χ2n) is 6.73. The fourth-order valence-electron chi connectivity index (χ4n) is 2.80. The Kier molecular flexibility index (Phi) is 8.50. The van der Waals surface area contributed by atoms with Crippen LogP contribution in [0.5, 0.6) is 23.0 Å². The van der Waals surface area contributed by atoms with Crippen LogP contribution in [0.3, 0.4) is 0 Å². The van der Waals surface area contributed by atoms with Crippen molar-refractivity contribution in [3.8, 4) is 23.0 Å². The number of rotatable bonds is 12. The Morgan fingerprint density at radius 3 is 2.47 bits per heavy atom. The number of nitrogens with zero attached hydrogens (tertiary/aromatic N) is 1. The highest BCUT2D eigenvalue weighted by Crippen LogP contribution is 2.29. The van der Waals surface area contributed by atoms with Crippen LogP contribution >= 0.6 is 0 Å². The van der Waals surface area contributed by atoms with Gasteiger partial charge in [0.2, 0.25) is 5.76 Å². The standard InChI is InChI=1S/C24H24N2O8/c1-3-31-22-12-16(8-10-20(22)32-14-17-9-11-21(34-17)24(28)29)13-25-26-23(27)15-33-19-7-5-4-6-18(19)30-2/h4-13H,3,14-15H2,1-2H3,(H,26,27)(H,28,29). The van der Waals surface area contributed by atoms with Gasteiger partial charge < -0.3 is 28.5 Å². The van der Waals surface area contributed by atoms with Crippen molar-refractivity contribution < 1.29 is 38.1 Å². The van der Waals surface area contributed by atoms with Crippen LogP contribution < -0.4 is 24.4 Å². The zero-order valence-electron chi connectivity index (χ0n) is 18.6. The third-order valence-electron chi connectivity index (χ3n) is 4.34. The molecule has 0 saturated carbocycles. The van der Waals surface area contributed by atoms with Crippen molar-refractivity contribution >= 4 is 18.1 Å². The maximum absolute atomic E-state index is 12.0. The first-order chi connectivity index (χ1) is 16.5. The van der Waals surface area contributed by atoms with Crippen LogP contribution in [0.4, 0.5) is 0 Å². The number of hydrogen-bond donors (Lipinski definition) is 2. The van der Waals surface area contributed by atoms with Crippen LogP contribution in [0, 0.1) is 0 Å². The van der Waals surface area contributed by atoms with Gasteiger partial charge in [0.1, 0.15) is 12.4 Å². The zero-order valence-corrected chi connectivity index (χ0v) is 18.6. The van der Waals surface area contributed by atoms with Crippen LogP contribution in [0.15, 0.2) is 64.1 Å². The fraction of sp³-hybridized carbons (Fsp3) is 0.208. The summed E-state index contributed by atoms with van der Waals surface area (Å²) in [6.07, 6.45) is 1.46. The summed E-state index contributed by atoms with van der Waals surface area (Å²) in [5.41, 5.74) is 3.06. The van der Waals surface area contributed by atoms with E-state index >= 15 is 0 Å². The van der Waals surface area contributed by atoms with E-state index in [0.29, 0.717) is 40.9 Å². The molecule has 0 aliphatic rings. The highest BCUT2D eigenvalue weighted by Gasteiger charge is 2.11. The van der Waals surface area contributed by atoms with Crippen molar-refractivity contribution in [1.82, 2.24) is 5.43 Å². The van der Waals surface area contributed by atoms with Crippen LogP contribution in [0.2, 0.25) is 0 Å². The van der Waals surface area contributed by atoms with Crippen molar-refractivity contribution in [2.24, 2.45) is 5.10 Å². The maximum atomic E-state index is 12.0. The van der Waals surface area contributed by atoms with E-state index in [-0.39, 0.29) is 19.0 Å². The summed E-state index contributed by atoms with van der Waals surface area (Å²) < 4.78 is 27.1. The van der Waals surface area contributed by atoms with Gasteiger partial charge in [-0.2, -0.15) is 5.10 Å². The summed E-state index contributed by atoms with van der Waals surface area (Å²) in [6.45, 7) is 2.03. The summed E-state index contributed by atoms with van der Waals surface area (Å²) in [6, 6.07) is 15.0. The Morgan fingerprint density at radius 2 is 1.76 bits per heavy atom. The first kappa shape index (κ1) is 24.2. The molecule has 0 saturated heterocycles. The molecule has 0 bridgehead atoms. The molecule has 0 aliphatic carbocycles. The molecule has 2 N–H and O–H groups in total. The van der Waals surface area contributed by atoms with E-state index in [2.05, 4.69) is 10.5 Å². The van der Waals surface area contributed by atoms with Gasteiger partial charge in [-0.3, -0.25) is 4.79 Å². The van der Waals surface area contributed by atoms with Gasteiger partial charge in [-0.25, -0.2) is 10.2 Å². The van der Waals surface area contributed by atoms with Gasteiger partial charge >= 0.3 is 5.97 Å². The van der Waals surface area contributed by atoms with E-state index < -0.39 is 11.9 Å². The first-order valence-corrected chi connectivity index (χ1v) is 10.3. The van der Waals surface area contributed by atoms with Crippen LogP contribution in [-0.2, 0) is 11.4 Å². The number of carbonyl (C=O) groups excluding carboxylic acids is 1. The normalized spacial score (nSPS) is 10.6. The molecule has 2 aromatic carbocycles. The monoisotopic (exact) mass is 468 g/mol. The molecule has 0 unspecified atom stereocenters. The Morgan fingerprint density at radius 1 is 1.00 bits per heavy atom. The number of carboxylic acids is 1. The van der Waals surface area contributed by atoms with Crippen molar-refractivity contribution in [2.75, 3.05) is 20.3 Å². The lowest BCUT2D eigenvalue weighted by atomic mass is 10.2. The minimum atomic E-state index is -1.15.